The van der Waals surface area contributed by atoms with Crippen LogP contribution in [0.15, 0.2) is 0 Å². The van der Waals surface area contributed by atoms with E-state index in [0.717, 1.165) is 6.54 Å². The molecule has 0 aliphatic carbocycles. The van der Waals surface area contributed by atoms with E-state index in [1.165, 1.54) is 65.1 Å². The predicted octanol–water partition coefficient (Wildman–Crippen LogP) is 0.555. The number of likely N-dealkylation sites (N-methyl/N-ethyl adjacent to an activating group) is 1. The van der Waals surface area contributed by atoms with E-state index in [2.05, 4.69) is 34.1 Å². The average molecular weight is 256 g/mol. The lowest BCUT2D eigenvalue weighted by Crippen LogP contribution is -2.48. The summed E-state index contributed by atoms with van der Waals surface area (Å²) in [7, 11) is 6.34. The molecule has 0 aromatic rings. The molecule has 4 nitrogen and oxygen atoms in total. The van der Waals surface area contributed by atoms with E-state index in [1.807, 2.05) is 7.05 Å². The number of hydrogen-bond acceptors (Lipinski definition) is 4. The first-order valence-corrected chi connectivity index (χ1v) is 7.46. The maximum Gasteiger partial charge on any atom is 0.0110 e. The van der Waals surface area contributed by atoms with Gasteiger partial charge >= 0.3 is 0 Å². The molecule has 1 fully saturated rings. The molecule has 0 spiro atoms. The fourth-order valence-corrected chi connectivity index (χ4v) is 2.39. The van der Waals surface area contributed by atoms with Crippen molar-refractivity contribution in [3.63, 3.8) is 0 Å². The summed E-state index contributed by atoms with van der Waals surface area (Å²) in [5.74, 6) is 0. The maximum atomic E-state index is 3.21. The predicted molar refractivity (Wildman–Crippen MR) is 79.2 cm³/mol. The summed E-state index contributed by atoms with van der Waals surface area (Å²) in [6, 6.07) is 0. The van der Waals surface area contributed by atoms with Crippen LogP contribution in [-0.2, 0) is 0 Å². The van der Waals surface area contributed by atoms with Crippen LogP contribution in [0.25, 0.3) is 0 Å². The van der Waals surface area contributed by atoms with Gasteiger partial charge in [0.1, 0.15) is 0 Å². The summed E-state index contributed by atoms with van der Waals surface area (Å²) in [5.41, 5.74) is 0. The molecular formula is C14H32N4. The van der Waals surface area contributed by atoms with Crippen LogP contribution in [-0.4, -0.2) is 88.2 Å². The maximum absolute atomic E-state index is 3.21. The molecule has 0 unspecified atom stereocenters. The monoisotopic (exact) mass is 256 g/mol. The van der Waals surface area contributed by atoms with Gasteiger partial charge in [-0.25, -0.2) is 0 Å². The quantitative estimate of drug-likeness (QED) is 0.608. The Bertz CT molecular complexity index is 188. The highest BCUT2D eigenvalue weighted by molar-refractivity contribution is 4.72. The van der Waals surface area contributed by atoms with Crippen molar-refractivity contribution in [2.45, 2.75) is 19.3 Å². The fraction of sp³-hybridized carbons (Fsp3) is 1.00. The lowest BCUT2D eigenvalue weighted by atomic mass is 10.2. The van der Waals surface area contributed by atoms with Crippen LogP contribution in [0, 0.1) is 0 Å². The van der Waals surface area contributed by atoms with Gasteiger partial charge in [-0.1, -0.05) is 6.42 Å². The van der Waals surface area contributed by atoms with Crippen molar-refractivity contribution in [3.05, 3.63) is 0 Å². The fourth-order valence-electron chi connectivity index (χ4n) is 2.39. The van der Waals surface area contributed by atoms with Gasteiger partial charge in [-0.3, -0.25) is 4.90 Å². The first kappa shape index (κ1) is 15.9. The largest absolute Gasteiger partial charge is 0.320 e. The molecule has 0 saturated carbocycles. The first-order chi connectivity index (χ1) is 8.72. The van der Waals surface area contributed by atoms with Crippen LogP contribution in [0.3, 0.4) is 0 Å². The second-order valence-electron chi connectivity index (χ2n) is 5.65. The van der Waals surface area contributed by atoms with Gasteiger partial charge in [0.25, 0.3) is 0 Å². The molecule has 1 N–H and O–H groups in total. The second-order valence-corrected chi connectivity index (χ2v) is 5.65. The van der Waals surface area contributed by atoms with Gasteiger partial charge in [-0.05, 0) is 47.1 Å². The summed E-state index contributed by atoms with van der Waals surface area (Å²) in [5, 5.41) is 3.21. The van der Waals surface area contributed by atoms with Crippen molar-refractivity contribution < 1.29 is 0 Å². The van der Waals surface area contributed by atoms with E-state index in [1.54, 1.807) is 0 Å². The SMILES string of the molecule is CNCCCCCN1CCN(CCN(C)C)CC1. The molecule has 0 atom stereocenters. The average Bonchev–Trinajstić information content (AvgIpc) is 2.37. The minimum Gasteiger partial charge on any atom is -0.320 e. The molecule has 0 amide bonds. The summed E-state index contributed by atoms with van der Waals surface area (Å²) in [6.45, 7) is 9.91. The normalized spacial score (nSPS) is 18.7. The number of unbranched alkanes of at least 4 members (excludes halogenated alkanes) is 2. The van der Waals surface area contributed by atoms with Crippen LogP contribution >= 0.6 is 0 Å². The molecule has 108 valence electrons. The van der Waals surface area contributed by atoms with Crippen molar-refractivity contribution in [1.82, 2.24) is 20.0 Å². The third kappa shape index (κ3) is 7.31. The topological polar surface area (TPSA) is 21.8 Å². The van der Waals surface area contributed by atoms with Gasteiger partial charge in [0.05, 0.1) is 0 Å². The van der Waals surface area contributed by atoms with Gasteiger partial charge in [-0.2, -0.15) is 0 Å². The van der Waals surface area contributed by atoms with E-state index in [-0.39, 0.29) is 0 Å². The Morgan fingerprint density at radius 2 is 1.50 bits per heavy atom. The molecule has 0 aromatic carbocycles. The van der Waals surface area contributed by atoms with Gasteiger partial charge < -0.3 is 15.1 Å². The van der Waals surface area contributed by atoms with Gasteiger partial charge in [0.2, 0.25) is 0 Å². The van der Waals surface area contributed by atoms with Crippen LogP contribution in [0.4, 0.5) is 0 Å². The molecule has 18 heavy (non-hydrogen) atoms. The van der Waals surface area contributed by atoms with Crippen LogP contribution in [0.1, 0.15) is 19.3 Å². The zero-order chi connectivity index (χ0) is 13.2. The Hall–Kier alpha value is -0.160. The smallest absolute Gasteiger partial charge is 0.0110 e. The summed E-state index contributed by atoms with van der Waals surface area (Å²) >= 11 is 0. The second kappa shape index (κ2) is 9.73. The highest BCUT2D eigenvalue weighted by atomic mass is 15.3. The Kier molecular flexibility index (Phi) is 8.59. The van der Waals surface area contributed by atoms with Crippen molar-refractivity contribution in [1.29, 1.82) is 0 Å². The minimum absolute atomic E-state index is 1.16. The van der Waals surface area contributed by atoms with Crippen LogP contribution in [0.2, 0.25) is 0 Å². The van der Waals surface area contributed by atoms with E-state index in [4.69, 9.17) is 0 Å². The zero-order valence-electron chi connectivity index (χ0n) is 12.6. The lowest BCUT2D eigenvalue weighted by molar-refractivity contribution is 0.124. The Morgan fingerprint density at radius 3 is 2.06 bits per heavy atom. The molecule has 0 bridgehead atoms. The lowest BCUT2D eigenvalue weighted by Gasteiger charge is -2.35. The van der Waals surface area contributed by atoms with Crippen molar-refractivity contribution in [2.24, 2.45) is 0 Å². The third-order valence-electron chi connectivity index (χ3n) is 3.73. The van der Waals surface area contributed by atoms with Crippen molar-refractivity contribution in [2.75, 3.05) is 73.5 Å². The number of hydrogen-bond donors (Lipinski definition) is 1. The molecule has 1 heterocycles. The molecule has 0 aromatic heterocycles. The summed E-state index contributed by atoms with van der Waals surface area (Å²) < 4.78 is 0. The van der Waals surface area contributed by atoms with Crippen molar-refractivity contribution >= 4 is 0 Å². The number of nitrogens with zero attached hydrogens (tertiary/aromatic N) is 3. The molecule has 1 aliphatic rings. The molecular weight excluding hydrogens is 224 g/mol. The Labute approximate surface area is 113 Å². The molecule has 1 rings (SSSR count). The minimum atomic E-state index is 1.16. The van der Waals surface area contributed by atoms with E-state index < -0.39 is 0 Å². The number of rotatable bonds is 9. The van der Waals surface area contributed by atoms with E-state index >= 15 is 0 Å². The standard InChI is InChI=1S/C14H32N4/c1-15-7-5-4-6-8-17-11-13-18(14-12-17)10-9-16(2)3/h15H,4-14H2,1-3H3. The first-order valence-electron chi connectivity index (χ1n) is 7.46. The highest BCUT2D eigenvalue weighted by Crippen LogP contribution is 2.04. The Morgan fingerprint density at radius 1 is 0.889 bits per heavy atom. The van der Waals surface area contributed by atoms with Crippen LogP contribution < -0.4 is 5.32 Å². The van der Waals surface area contributed by atoms with Gasteiger partial charge in [0.15, 0.2) is 0 Å². The third-order valence-corrected chi connectivity index (χ3v) is 3.73. The molecule has 0 radical (unpaired) electrons. The number of nitrogens with one attached hydrogen (secondary N) is 1. The van der Waals surface area contributed by atoms with E-state index in [0.29, 0.717) is 0 Å². The number of piperazine rings is 1. The molecule has 1 aliphatic heterocycles. The summed E-state index contributed by atoms with van der Waals surface area (Å²) in [4.78, 5) is 7.50. The van der Waals surface area contributed by atoms with Gasteiger partial charge in [0, 0.05) is 39.3 Å². The van der Waals surface area contributed by atoms with E-state index in [9.17, 15) is 0 Å². The Balaban J connectivity index is 1.98. The molecule has 1 saturated heterocycles. The zero-order valence-corrected chi connectivity index (χ0v) is 12.6. The summed E-state index contributed by atoms with van der Waals surface area (Å²) in [6.07, 6.45) is 4.04. The van der Waals surface area contributed by atoms with Crippen molar-refractivity contribution in [3.8, 4) is 0 Å². The highest BCUT2D eigenvalue weighted by Gasteiger charge is 2.15. The van der Waals surface area contributed by atoms with Crippen LogP contribution in [0.5, 0.6) is 0 Å². The van der Waals surface area contributed by atoms with Gasteiger partial charge in [-0.15, -0.1) is 0 Å². The molecule has 4 heteroatoms.